The summed E-state index contributed by atoms with van der Waals surface area (Å²) < 4.78 is 34.3. The van der Waals surface area contributed by atoms with Gasteiger partial charge in [-0.05, 0) is 35.4 Å². The van der Waals surface area contributed by atoms with E-state index in [0.29, 0.717) is 64.0 Å². The Morgan fingerprint density at radius 1 is 0.979 bits per heavy atom. The minimum Gasteiger partial charge on any atom is -0.378 e. The molecule has 12 nitrogen and oxygen atoms in total. The molecule has 2 aromatic carbocycles. The van der Waals surface area contributed by atoms with Gasteiger partial charge in [0.05, 0.1) is 41.3 Å². The van der Waals surface area contributed by atoms with Crippen molar-refractivity contribution in [3.63, 3.8) is 0 Å². The molecule has 0 spiro atoms. The number of nitrogens with zero attached hydrogens (tertiary/aromatic N) is 7. The Morgan fingerprint density at radius 3 is 2.57 bits per heavy atom. The Labute approximate surface area is 278 Å². The fraction of sp³-hybridized carbons (Fsp3) is 0.364. The van der Waals surface area contributed by atoms with Gasteiger partial charge in [-0.15, -0.1) is 11.3 Å². The van der Waals surface area contributed by atoms with E-state index in [1.54, 1.807) is 15.6 Å². The zero-order valence-electron chi connectivity index (χ0n) is 26.2. The number of aromatic nitrogens is 3. The number of ether oxygens (including phenoxy) is 1. The van der Waals surface area contributed by atoms with Crippen molar-refractivity contribution in [1.82, 2.24) is 29.2 Å². The number of nitriles is 1. The van der Waals surface area contributed by atoms with Crippen LogP contribution in [0.1, 0.15) is 21.6 Å². The van der Waals surface area contributed by atoms with Crippen LogP contribution in [-0.4, -0.2) is 90.9 Å². The van der Waals surface area contributed by atoms with Crippen molar-refractivity contribution in [2.75, 3.05) is 69.1 Å². The lowest BCUT2D eigenvalue weighted by atomic mass is 10.1. The SMILES string of the molecule is CS(=O)(=O)N1CCN(Cc2cc3nc(NNCc4cn(Cc5cccc(C#N)c5)c5ccccc45)nc(N4CCOCC4)c3s2)CC1. The molecule has 14 heteroatoms. The maximum absolute atomic E-state index is 11.9. The molecular weight excluding hydrogens is 635 g/mol. The lowest BCUT2D eigenvalue weighted by Crippen LogP contribution is -2.47. The van der Waals surface area contributed by atoms with Crippen LogP contribution >= 0.6 is 11.3 Å². The fourth-order valence-electron chi connectivity index (χ4n) is 6.28. The minimum absolute atomic E-state index is 0.502. The highest BCUT2D eigenvalue weighted by Crippen LogP contribution is 2.34. The molecule has 2 N–H and O–H groups in total. The molecule has 3 aromatic heterocycles. The number of fused-ring (bicyclic) bond motifs is 2. The zero-order valence-corrected chi connectivity index (χ0v) is 27.9. The van der Waals surface area contributed by atoms with Crippen LogP contribution in [0.25, 0.3) is 21.1 Å². The van der Waals surface area contributed by atoms with Crippen LogP contribution in [0.3, 0.4) is 0 Å². The molecule has 0 bridgehead atoms. The maximum Gasteiger partial charge on any atom is 0.239 e. The smallest absolute Gasteiger partial charge is 0.239 e. The van der Waals surface area contributed by atoms with E-state index in [9.17, 15) is 13.7 Å². The summed E-state index contributed by atoms with van der Waals surface area (Å²) in [6.45, 7) is 7.20. The highest BCUT2D eigenvalue weighted by molar-refractivity contribution is 7.88. The summed E-state index contributed by atoms with van der Waals surface area (Å²) in [4.78, 5) is 15.6. The standard InChI is InChI=1S/C33H37N9O3S2/c1-47(43,44)42-11-9-39(10-12-42)23-27-18-29-31(46-27)32(40-13-15-45-16-14-40)37-33(36-29)38-35-20-26-22-41(30-8-3-2-7-28(26)30)21-25-6-4-5-24(17-25)19-34/h2-8,17-18,22,35H,9-16,20-21,23H2,1H3,(H,36,37,38). The summed E-state index contributed by atoms with van der Waals surface area (Å²) in [6.07, 6.45) is 3.43. The van der Waals surface area contributed by atoms with Gasteiger partial charge in [-0.1, -0.05) is 30.3 Å². The normalized spacial score (nSPS) is 16.6. The van der Waals surface area contributed by atoms with E-state index < -0.39 is 10.0 Å². The van der Waals surface area contributed by atoms with E-state index in [2.05, 4.69) is 55.7 Å². The quantitative estimate of drug-likeness (QED) is 0.213. The zero-order chi connectivity index (χ0) is 32.4. The van der Waals surface area contributed by atoms with Crippen molar-refractivity contribution in [2.24, 2.45) is 0 Å². The van der Waals surface area contributed by atoms with Crippen molar-refractivity contribution >= 4 is 54.2 Å². The van der Waals surface area contributed by atoms with Gasteiger partial charge >= 0.3 is 0 Å². The van der Waals surface area contributed by atoms with Gasteiger partial charge in [-0.25, -0.2) is 18.8 Å². The van der Waals surface area contributed by atoms with Crippen LogP contribution in [0.4, 0.5) is 11.8 Å². The third kappa shape index (κ3) is 7.10. The number of anilines is 2. The number of benzene rings is 2. The number of hydrogen-bond acceptors (Lipinski definition) is 11. The van der Waals surface area contributed by atoms with Gasteiger partial charge in [0.15, 0.2) is 5.82 Å². The number of para-hydroxylation sites is 1. The van der Waals surface area contributed by atoms with Crippen LogP contribution in [-0.2, 0) is 34.4 Å². The number of thiophene rings is 1. The van der Waals surface area contributed by atoms with Gasteiger partial charge in [0, 0.05) is 80.9 Å². The molecule has 7 rings (SSSR count). The van der Waals surface area contributed by atoms with Gasteiger partial charge in [0.1, 0.15) is 0 Å². The first-order chi connectivity index (χ1) is 22.8. The van der Waals surface area contributed by atoms with Crippen molar-refractivity contribution in [3.8, 4) is 6.07 Å². The van der Waals surface area contributed by atoms with Crippen molar-refractivity contribution < 1.29 is 13.2 Å². The third-order valence-corrected chi connectivity index (χ3v) is 11.1. The molecule has 0 saturated carbocycles. The number of hydrogen-bond donors (Lipinski definition) is 2. The van der Waals surface area contributed by atoms with Crippen LogP contribution in [0.5, 0.6) is 0 Å². The van der Waals surface area contributed by atoms with E-state index >= 15 is 0 Å². The fourth-order valence-corrected chi connectivity index (χ4v) is 8.26. The van der Waals surface area contributed by atoms with Gasteiger partial charge in [0.2, 0.25) is 16.0 Å². The van der Waals surface area contributed by atoms with E-state index in [-0.39, 0.29) is 0 Å². The molecule has 5 heterocycles. The highest BCUT2D eigenvalue weighted by atomic mass is 32.2. The van der Waals surface area contributed by atoms with Crippen molar-refractivity contribution in [2.45, 2.75) is 19.6 Å². The monoisotopic (exact) mass is 671 g/mol. The summed E-state index contributed by atoms with van der Waals surface area (Å²) in [7, 11) is -3.16. The summed E-state index contributed by atoms with van der Waals surface area (Å²) in [5, 5.41) is 10.5. The number of morpholine rings is 1. The van der Waals surface area contributed by atoms with Crippen molar-refractivity contribution in [1.29, 1.82) is 5.26 Å². The number of sulfonamides is 1. The average molecular weight is 672 g/mol. The topological polar surface area (TPSA) is 132 Å². The Morgan fingerprint density at radius 2 is 1.79 bits per heavy atom. The summed E-state index contributed by atoms with van der Waals surface area (Å²) in [6, 6.07) is 20.4. The predicted octanol–water partition coefficient (Wildman–Crippen LogP) is 3.60. The average Bonchev–Trinajstić information content (AvgIpc) is 3.65. The van der Waals surface area contributed by atoms with Gasteiger partial charge in [-0.3, -0.25) is 10.3 Å². The second-order valence-electron chi connectivity index (χ2n) is 11.9. The summed E-state index contributed by atoms with van der Waals surface area (Å²) in [5.74, 6) is 1.40. The molecule has 2 aliphatic heterocycles. The van der Waals surface area contributed by atoms with E-state index in [0.717, 1.165) is 57.7 Å². The Hall–Kier alpha value is -4.10. The number of nitrogens with one attached hydrogen (secondary N) is 2. The predicted molar refractivity (Wildman–Crippen MR) is 185 cm³/mol. The first-order valence-corrected chi connectivity index (χ1v) is 18.4. The first kappa shape index (κ1) is 31.5. The molecule has 244 valence electrons. The van der Waals surface area contributed by atoms with Crippen LogP contribution < -0.4 is 15.8 Å². The number of hydrazine groups is 1. The molecule has 47 heavy (non-hydrogen) atoms. The minimum atomic E-state index is -3.16. The second-order valence-corrected chi connectivity index (χ2v) is 15.0. The Balaban J connectivity index is 1.09. The lowest BCUT2D eigenvalue weighted by Gasteiger charge is -2.32. The molecule has 5 aromatic rings. The highest BCUT2D eigenvalue weighted by Gasteiger charge is 2.25. The largest absolute Gasteiger partial charge is 0.378 e. The number of rotatable bonds is 10. The van der Waals surface area contributed by atoms with Crippen LogP contribution in [0, 0.1) is 11.3 Å². The molecule has 0 unspecified atom stereocenters. The summed E-state index contributed by atoms with van der Waals surface area (Å²) in [5.41, 5.74) is 11.5. The number of piperazine rings is 1. The first-order valence-electron chi connectivity index (χ1n) is 15.7. The van der Waals surface area contributed by atoms with Gasteiger partial charge in [0.25, 0.3) is 0 Å². The summed E-state index contributed by atoms with van der Waals surface area (Å²) >= 11 is 1.70. The molecule has 2 saturated heterocycles. The van der Waals surface area contributed by atoms with E-state index in [4.69, 9.17) is 14.7 Å². The van der Waals surface area contributed by atoms with Crippen LogP contribution in [0.2, 0.25) is 0 Å². The second kappa shape index (κ2) is 13.6. The van der Waals surface area contributed by atoms with Crippen LogP contribution in [0.15, 0.2) is 60.8 Å². The molecule has 0 radical (unpaired) electrons. The van der Waals surface area contributed by atoms with Crippen molar-refractivity contribution in [3.05, 3.63) is 82.4 Å². The van der Waals surface area contributed by atoms with E-state index in [1.807, 2.05) is 36.4 Å². The lowest BCUT2D eigenvalue weighted by molar-refractivity contribution is 0.122. The molecule has 0 atom stereocenters. The van der Waals surface area contributed by atoms with E-state index in [1.165, 1.54) is 11.1 Å². The van der Waals surface area contributed by atoms with Gasteiger partial charge in [-0.2, -0.15) is 14.6 Å². The molecule has 0 amide bonds. The molecular formula is C33H37N9O3S2. The molecule has 2 fully saturated rings. The third-order valence-electron chi connectivity index (χ3n) is 8.65. The van der Waals surface area contributed by atoms with Gasteiger partial charge < -0.3 is 14.2 Å². The Kier molecular flexibility index (Phi) is 9.09. The maximum atomic E-state index is 11.9. The molecule has 2 aliphatic rings. The molecule has 0 aliphatic carbocycles. The Bertz CT molecular complexity index is 2040.